The number of carbonyl (C=O) groups is 2. The van der Waals surface area contributed by atoms with Gasteiger partial charge in [0.25, 0.3) is 0 Å². The van der Waals surface area contributed by atoms with Crippen molar-refractivity contribution >= 4 is 17.5 Å². The molecule has 0 spiro atoms. The van der Waals surface area contributed by atoms with Crippen LogP contribution in [0.1, 0.15) is 38.8 Å². The van der Waals surface area contributed by atoms with Crippen LogP contribution in [0.25, 0.3) is 0 Å². The summed E-state index contributed by atoms with van der Waals surface area (Å²) in [6.07, 6.45) is -4.75. The van der Waals surface area contributed by atoms with E-state index in [0.717, 1.165) is 11.0 Å². The average molecular weight is 324 g/mol. The zero-order valence-corrected chi connectivity index (χ0v) is 13.1. The molecule has 23 heavy (non-hydrogen) atoms. The van der Waals surface area contributed by atoms with Gasteiger partial charge in [-0.3, -0.25) is 9.59 Å². The van der Waals surface area contributed by atoms with E-state index >= 15 is 0 Å². The van der Waals surface area contributed by atoms with Crippen LogP contribution in [-0.4, -0.2) is 11.8 Å². The van der Waals surface area contributed by atoms with Gasteiger partial charge in [-0.05, 0) is 45.9 Å². The fourth-order valence-electron chi connectivity index (χ4n) is 2.42. The lowest BCUT2D eigenvalue weighted by atomic mass is 9.70. The number of hydrogen-bond donors (Lipinski definition) is 0. The van der Waals surface area contributed by atoms with Crippen molar-refractivity contribution in [2.24, 2.45) is 10.8 Å². The first kappa shape index (κ1) is 17.0. The molecule has 1 fully saturated rings. The van der Waals surface area contributed by atoms with Crippen molar-refractivity contribution in [3.8, 4) is 6.07 Å². The summed E-state index contributed by atoms with van der Waals surface area (Å²) >= 11 is 0. The first-order valence-corrected chi connectivity index (χ1v) is 6.86. The quantitative estimate of drug-likeness (QED) is 0.743. The number of nitriles is 1. The molecule has 0 atom stereocenters. The second-order valence-corrected chi connectivity index (χ2v) is 6.54. The predicted octanol–water partition coefficient (Wildman–Crippen LogP) is 3.50. The maximum Gasteiger partial charge on any atom is 0.417 e. The Kier molecular flexibility index (Phi) is 3.56. The largest absolute Gasteiger partial charge is 0.417 e. The van der Waals surface area contributed by atoms with E-state index in [1.54, 1.807) is 27.7 Å². The summed E-state index contributed by atoms with van der Waals surface area (Å²) in [6, 6.07) is 4.29. The maximum atomic E-state index is 13.1. The number of imide groups is 1. The van der Waals surface area contributed by atoms with E-state index in [-0.39, 0.29) is 5.69 Å². The van der Waals surface area contributed by atoms with Crippen molar-refractivity contribution in [3.63, 3.8) is 0 Å². The van der Waals surface area contributed by atoms with Gasteiger partial charge in [-0.2, -0.15) is 18.4 Å². The van der Waals surface area contributed by atoms with Crippen LogP contribution in [0.4, 0.5) is 18.9 Å². The second kappa shape index (κ2) is 4.82. The summed E-state index contributed by atoms with van der Waals surface area (Å²) < 4.78 is 39.2. The van der Waals surface area contributed by atoms with E-state index in [1.165, 1.54) is 12.1 Å². The number of amides is 2. The highest BCUT2D eigenvalue weighted by molar-refractivity contribution is 6.24. The highest BCUT2D eigenvalue weighted by Crippen LogP contribution is 2.49. The Morgan fingerprint density at radius 1 is 1.04 bits per heavy atom. The number of benzene rings is 1. The van der Waals surface area contributed by atoms with Gasteiger partial charge in [0.2, 0.25) is 11.8 Å². The van der Waals surface area contributed by atoms with Crippen molar-refractivity contribution in [1.29, 1.82) is 5.26 Å². The summed E-state index contributed by atoms with van der Waals surface area (Å²) in [5.41, 5.74) is -3.99. The van der Waals surface area contributed by atoms with Crippen LogP contribution >= 0.6 is 0 Å². The third-order valence-corrected chi connectivity index (χ3v) is 4.73. The predicted molar refractivity (Wildman–Crippen MR) is 76.2 cm³/mol. The molecule has 1 saturated heterocycles. The van der Waals surface area contributed by atoms with Gasteiger partial charge in [-0.25, -0.2) is 4.90 Å². The topological polar surface area (TPSA) is 61.2 Å². The fourth-order valence-corrected chi connectivity index (χ4v) is 2.42. The van der Waals surface area contributed by atoms with Gasteiger partial charge in [0.15, 0.2) is 0 Å². The Bertz CT molecular complexity index is 717. The van der Waals surface area contributed by atoms with Crippen LogP contribution in [0.5, 0.6) is 0 Å². The van der Waals surface area contributed by atoms with Crippen molar-refractivity contribution in [1.82, 2.24) is 0 Å². The van der Waals surface area contributed by atoms with Gasteiger partial charge in [-0.15, -0.1) is 0 Å². The molecule has 1 heterocycles. The van der Waals surface area contributed by atoms with Crippen LogP contribution in [-0.2, 0) is 15.8 Å². The summed E-state index contributed by atoms with van der Waals surface area (Å²) in [6.45, 7) is 6.34. The number of rotatable bonds is 1. The Hall–Kier alpha value is -2.36. The minimum atomic E-state index is -4.75. The smallest absolute Gasteiger partial charge is 0.273 e. The van der Waals surface area contributed by atoms with E-state index in [4.69, 9.17) is 5.26 Å². The Morgan fingerprint density at radius 2 is 1.52 bits per heavy atom. The average Bonchev–Trinajstić information content (AvgIpc) is 2.56. The Labute approximate surface area is 131 Å². The Balaban J connectivity index is 2.63. The molecule has 1 aromatic rings. The summed E-state index contributed by atoms with van der Waals surface area (Å²) in [4.78, 5) is 25.8. The minimum Gasteiger partial charge on any atom is -0.273 e. The number of halogens is 3. The van der Waals surface area contributed by atoms with Crippen LogP contribution in [0.2, 0.25) is 0 Å². The molecule has 7 heteroatoms. The SMILES string of the molecule is CC1(C)C(=O)N(c2ccc(C#N)c(C(F)(F)F)c2)C(=O)C1(C)C. The molecule has 122 valence electrons. The third kappa shape index (κ3) is 2.29. The molecule has 4 nitrogen and oxygen atoms in total. The molecular weight excluding hydrogens is 309 g/mol. The molecule has 2 amide bonds. The second-order valence-electron chi connectivity index (χ2n) is 6.54. The first-order valence-electron chi connectivity index (χ1n) is 6.86. The van der Waals surface area contributed by atoms with E-state index < -0.39 is 39.9 Å². The number of anilines is 1. The maximum absolute atomic E-state index is 13.1. The summed E-state index contributed by atoms with van der Waals surface area (Å²) in [5, 5.41) is 8.81. The number of nitrogens with zero attached hydrogens (tertiary/aromatic N) is 2. The van der Waals surface area contributed by atoms with Crippen LogP contribution < -0.4 is 4.90 Å². The van der Waals surface area contributed by atoms with E-state index in [9.17, 15) is 22.8 Å². The molecule has 0 aliphatic carbocycles. The normalized spacial score (nSPS) is 19.8. The molecule has 0 unspecified atom stereocenters. The van der Waals surface area contributed by atoms with Crippen molar-refractivity contribution in [3.05, 3.63) is 29.3 Å². The van der Waals surface area contributed by atoms with Crippen molar-refractivity contribution < 1.29 is 22.8 Å². The van der Waals surface area contributed by atoms with Crippen molar-refractivity contribution in [2.45, 2.75) is 33.9 Å². The number of carbonyl (C=O) groups excluding carboxylic acids is 2. The van der Waals surface area contributed by atoms with Crippen LogP contribution in [0, 0.1) is 22.2 Å². The number of hydrogen-bond acceptors (Lipinski definition) is 3. The Morgan fingerprint density at radius 3 is 1.91 bits per heavy atom. The van der Waals surface area contributed by atoms with Crippen LogP contribution in [0.3, 0.4) is 0 Å². The molecule has 2 rings (SSSR count). The van der Waals surface area contributed by atoms with Gasteiger partial charge in [0.05, 0.1) is 33.7 Å². The molecule has 0 radical (unpaired) electrons. The molecular formula is C16H15F3N2O2. The highest BCUT2D eigenvalue weighted by Gasteiger charge is 2.59. The zero-order chi connectivity index (χ0) is 17.8. The van der Waals surface area contributed by atoms with Crippen molar-refractivity contribution in [2.75, 3.05) is 4.90 Å². The lowest BCUT2D eigenvalue weighted by Crippen LogP contribution is -2.35. The van der Waals surface area contributed by atoms with Gasteiger partial charge < -0.3 is 0 Å². The fraction of sp³-hybridized carbons (Fsp3) is 0.438. The van der Waals surface area contributed by atoms with Gasteiger partial charge in [0, 0.05) is 0 Å². The molecule has 0 aromatic heterocycles. The molecule has 0 N–H and O–H groups in total. The summed E-state index contributed by atoms with van der Waals surface area (Å²) in [5.74, 6) is -1.13. The molecule has 1 aliphatic heterocycles. The van der Waals surface area contributed by atoms with E-state index in [1.807, 2.05) is 0 Å². The zero-order valence-electron chi connectivity index (χ0n) is 13.1. The standard InChI is InChI=1S/C16H15F3N2O2/c1-14(2)12(22)21(13(23)15(14,3)4)10-6-5-9(8-20)11(7-10)16(17,18)19/h5-7H,1-4H3. The molecule has 0 saturated carbocycles. The summed E-state index contributed by atoms with van der Waals surface area (Å²) in [7, 11) is 0. The first-order chi connectivity index (χ1) is 10.4. The molecule has 1 aromatic carbocycles. The lowest BCUT2D eigenvalue weighted by molar-refractivity contribution is -0.138. The van der Waals surface area contributed by atoms with Crippen LogP contribution in [0.15, 0.2) is 18.2 Å². The minimum absolute atomic E-state index is 0.176. The molecule has 0 bridgehead atoms. The van der Waals surface area contributed by atoms with Gasteiger partial charge in [0.1, 0.15) is 0 Å². The lowest BCUT2D eigenvalue weighted by Gasteiger charge is -2.28. The monoisotopic (exact) mass is 324 g/mol. The molecule has 1 aliphatic rings. The highest BCUT2D eigenvalue weighted by atomic mass is 19.4. The number of alkyl halides is 3. The van der Waals surface area contributed by atoms with E-state index in [0.29, 0.717) is 6.07 Å². The van der Waals surface area contributed by atoms with Gasteiger partial charge in [-0.1, -0.05) is 0 Å². The van der Waals surface area contributed by atoms with E-state index in [2.05, 4.69) is 0 Å². The third-order valence-electron chi connectivity index (χ3n) is 4.73. The van der Waals surface area contributed by atoms with Gasteiger partial charge >= 0.3 is 6.18 Å².